The predicted molar refractivity (Wildman–Crippen MR) is 62.8 cm³/mol. The molecule has 0 aliphatic carbocycles. The Morgan fingerprint density at radius 3 is 1.87 bits per heavy atom. The van der Waals surface area contributed by atoms with E-state index < -0.39 is 0 Å². The molecule has 88 valence electrons. The first kappa shape index (κ1) is 12.3. The molecule has 0 saturated carbocycles. The Morgan fingerprint density at radius 1 is 1.13 bits per heavy atom. The third-order valence-corrected chi connectivity index (χ3v) is 3.24. The Balaban J connectivity index is 2.62. The van der Waals surface area contributed by atoms with Crippen LogP contribution in [0.1, 0.15) is 34.1 Å². The largest absolute Gasteiger partial charge is 0.325 e. The maximum absolute atomic E-state index is 12.0. The second-order valence-corrected chi connectivity index (χ2v) is 5.21. The third-order valence-electron chi connectivity index (χ3n) is 3.24. The summed E-state index contributed by atoms with van der Waals surface area (Å²) in [6.07, 6.45) is 1.16. The van der Waals surface area contributed by atoms with Gasteiger partial charge in [-0.25, -0.2) is 4.79 Å². The highest BCUT2D eigenvalue weighted by Gasteiger charge is 2.30. The molecule has 0 aromatic heterocycles. The molecule has 0 spiro atoms. The van der Waals surface area contributed by atoms with Crippen molar-refractivity contribution in [2.75, 3.05) is 20.1 Å². The molecule has 0 radical (unpaired) electrons. The van der Waals surface area contributed by atoms with Crippen LogP contribution in [0.5, 0.6) is 0 Å². The molecule has 15 heavy (non-hydrogen) atoms. The number of hydrogen-bond donors (Lipinski definition) is 0. The van der Waals surface area contributed by atoms with E-state index in [1.54, 1.807) is 0 Å². The quantitative estimate of drug-likeness (QED) is 0.705. The summed E-state index contributed by atoms with van der Waals surface area (Å²) in [7, 11) is 1.94. The Morgan fingerprint density at radius 2 is 1.60 bits per heavy atom. The highest BCUT2D eigenvalue weighted by molar-refractivity contribution is 5.75. The zero-order chi connectivity index (χ0) is 11.6. The SMILES string of the molecule is CC(C)C(C(C)C)N(C)C(=O)N1CCC1. The number of likely N-dealkylation sites (tertiary alicyclic amines) is 1. The molecule has 0 N–H and O–H groups in total. The normalized spacial score (nSPS) is 16.1. The fourth-order valence-corrected chi connectivity index (χ4v) is 2.52. The van der Waals surface area contributed by atoms with E-state index >= 15 is 0 Å². The fourth-order valence-electron chi connectivity index (χ4n) is 2.52. The van der Waals surface area contributed by atoms with Gasteiger partial charge in [0.1, 0.15) is 0 Å². The minimum absolute atomic E-state index is 0.202. The van der Waals surface area contributed by atoms with Crippen LogP contribution in [0.15, 0.2) is 0 Å². The lowest BCUT2D eigenvalue weighted by molar-refractivity contribution is 0.0969. The van der Waals surface area contributed by atoms with E-state index in [1.807, 2.05) is 16.8 Å². The van der Waals surface area contributed by atoms with Crippen LogP contribution in [0.3, 0.4) is 0 Å². The molecule has 0 aromatic carbocycles. The molecule has 1 rings (SSSR count). The summed E-state index contributed by atoms with van der Waals surface area (Å²) in [6.45, 7) is 10.6. The lowest BCUT2D eigenvalue weighted by Gasteiger charge is -2.40. The number of carbonyl (C=O) groups excluding carboxylic acids is 1. The van der Waals surface area contributed by atoms with E-state index in [0.29, 0.717) is 17.9 Å². The zero-order valence-corrected chi connectivity index (χ0v) is 10.7. The lowest BCUT2D eigenvalue weighted by atomic mass is 9.92. The van der Waals surface area contributed by atoms with Crippen LogP contribution in [-0.2, 0) is 0 Å². The van der Waals surface area contributed by atoms with Crippen LogP contribution in [0.2, 0.25) is 0 Å². The number of nitrogens with zero attached hydrogens (tertiary/aromatic N) is 2. The van der Waals surface area contributed by atoms with Gasteiger partial charge in [0, 0.05) is 26.2 Å². The minimum atomic E-state index is 0.202. The van der Waals surface area contributed by atoms with E-state index in [1.165, 1.54) is 0 Å². The van der Waals surface area contributed by atoms with Crippen LogP contribution in [-0.4, -0.2) is 42.0 Å². The molecule has 0 aromatic rings. The van der Waals surface area contributed by atoms with E-state index in [4.69, 9.17) is 0 Å². The molecular weight excluding hydrogens is 188 g/mol. The van der Waals surface area contributed by atoms with Crippen molar-refractivity contribution < 1.29 is 4.79 Å². The van der Waals surface area contributed by atoms with Gasteiger partial charge in [0.25, 0.3) is 0 Å². The van der Waals surface area contributed by atoms with Crippen LogP contribution in [0.4, 0.5) is 4.79 Å². The zero-order valence-electron chi connectivity index (χ0n) is 10.7. The summed E-state index contributed by atoms with van der Waals surface area (Å²) < 4.78 is 0. The summed E-state index contributed by atoms with van der Waals surface area (Å²) in [6, 6.07) is 0.548. The number of urea groups is 1. The van der Waals surface area contributed by atoms with Crippen molar-refractivity contribution in [3.63, 3.8) is 0 Å². The van der Waals surface area contributed by atoms with Crippen molar-refractivity contribution in [1.82, 2.24) is 9.80 Å². The Bertz CT molecular complexity index is 214. The van der Waals surface area contributed by atoms with E-state index in [-0.39, 0.29) is 6.03 Å². The average Bonchev–Trinajstić information content (AvgIpc) is 1.98. The maximum atomic E-state index is 12.0. The summed E-state index contributed by atoms with van der Waals surface area (Å²) in [4.78, 5) is 15.9. The molecule has 0 bridgehead atoms. The average molecular weight is 212 g/mol. The molecule has 1 fully saturated rings. The third kappa shape index (κ3) is 2.64. The van der Waals surface area contributed by atoms with Crippen molar-refractivity contribution >= 4 is 6.03 Å². The second-order valence-electron chi connectivity index (χ2n) is 5.21. The highest BCUT2D eigenvalue weighted by atomic mass is 16.2. The molecule has 3 heteroatoms. The Hall–Kier alpha value is -0.730. The lowest BCUT2D eigenvalue weighted by Crippen LogP contribution is -2.53. The Labute approximate surface area is 93.4 Å². The first-order valence-corrected chi connectivity index (χ1v) is 5.97. The van der Waals surface area contributed by atoms with Crippen molar-refractivity contribution in [2.24, 2.45) is 11.8 Å². The van der Waals surface area contributed by atoms with Crippen LogP contribution in [0, 0.1) is 11.8 Å². The van der Waals surface area contributed by atoms with Gasteiger partial charge in [-0.05, 0) is 18.3 Å². The van der Waals surface area contributed by atoms with Gasteiger partial charge in [-0.3, -0.25) is 0 Å². The van der Waals surface area contributed by atoms with Gasteiger partial charge >= 0.3 is 6.03 Å². The molecule has 0 atom stereocenters. The molecule has 0 unspecified atom stereocenters. The summed E-state index contributed by atoms with van der Waals surface area (Å²) in [5.74, 6) is 1.03. The first-order chi connectivity index (χ1) is 6.95. The summed E-state index contributed by atoms with van der Waals surface area (Å²) >= 11 is 0. The summed E-state index contributed by atoms with van der Waals surface area (Å²) in [5.41, 5.74) is 0. The predicted octanol–water partition coefficient (Wildman–Crippen LogP) is 2.42. The number of amides is 2. The van der Waals surface area contributed by atoms with Gasteiger partial charge in [0.15, 0.2) is 0 Å². The van der Waals surface area contributed by atoms with Crippen molar-refractivity contribution in [3.8, 4) is 0 Å². The fraction of sp³-hybridized carbons (Fsp3) is 0.917. The van der Waals surface area contributed by atoms with Gasteiger partial charge in [-0.15, -0.1) is 0 Å². The Kier molecular flexibility index (Phi) is 4.00. The molecule has 3 nitrogen and oxygen atoms in total. The van der Waals surface area contributed by atoms with Crippen LogP contribution < -0.4 is 0 Å². The summed E-state index contributed by atoms with van der Waals surface area (Å²) in [5, 5.41) is 0. The van der Waals surface area contributed by atoms with Gasteiger partial charge in [-0.2, -0.15) is 0 Å². The maximum Gasteiger partial charge on any atom is 0.320 e. The van der Waals surface area contributed by atoms with Crippen molar-refractivity contribution in [1.29, 1.82) is 0 Å². The molecular formula is C12H24N2O. The molecule has 1 aliphatic rings. The smallest absolute Gasteiger partial charge is 0.320 e. The van der Waals surface area contributed by atoms with E-state index in [2.05, 4.69) is 27.7 Å². The molecule has 1 heterocycles. The molecule has 1 saturated heterocycles. The number of hydrogen-bond acceptors (Lipinski definition) is 1. The highest BCUT2D eigenvalue weighted by Crippen LogP contribution is 2.20. The minimum Gasteiger partial charge on any atom is -0.325 e. The molecule has 2 amide bonds. The van der Waals surface area contributed by atoms with Gasteiger partial charge in [0.05, 0.1) is 0 Å². The van der Waals surface area contributed by atoms with Crippen LogP contribution in [0.25, 0.3) is 0 Å². The standard InChI is InChI=1S/C12H24N2O/c1-9(2)11(10(3)4)13(5)12(15)14-7-6-8-14/h9-11H,6-8H2,1-5H3. The topological polar surface area (TPSA) is 23.6 Å². The van der Waals surface area contributed by atoms with Gasteiger partial charge < -0.3 is 9.80 Å². The van der Waals surface area contributed by atoms with Gasteiger partial charge in [0.2, 0.25) is 0 Å². The van der Waals surface area contributed by atoms with Crippen molar-refractivity contribution in [2.45, 2.75) is 40.2 Å². The number of carbonyl (C=O) groups is 1. The van der Waals surface area contributed by atoms with Gasteiger partial charge in [-0.1, -0.05) is 27.7 Å². The van der Waals surface area contributed by atoms with E-state index in [9.17, 15) is 4.79 Å². The van der Waals surface area contributed by atoms with Crippen molar-refractivity contribution in [3.05, 3.63) is 0 Å². The van der Waals surface area contributed by atoms with E-state index in [0.717, 1.165) is 19.5 Å². The first-order valence-electron chi connectivity index (χ1n) is 5.97. The second kappa shape index (κ2) is 4.86. The number of rotatable bonds is 3. The monoisotopic (exact) mass is 212 g/mol. The van der Waals surface area contributed by atoms with Crippen LogP contribution >= 0.6 is 0 Å². The molecule has 1 aliphatic heterocycles.